The first-order chi connectivity index (χ1) is 17.1. The first-order valence-corrected chi connectivity index (χ1v) is 12.1. The Morgan fingerprint density at radius 3 is 2.63 bits per heavy atom. The third-order valence-corrected chi connectivity index (χ3v) is 6.11. The lowest BCUT2D eigenvalue weighted by atomic mass is 10.1. The predicted molar refractivity (Wildman–Crippen MR) is 136 cm³/mol. The van der Waals surface area contributed by atoms with E-state index >= 15 is 0 Å². The average molecular weight is 486 g/mol. The highest BCUT2D eigenvalue weighted by atomic mass is 32.1. The molecule has 1 N–H and O–H groups in total. The molecule has 35 heavy (non-hydrogen) atoms. The van der Waals surface area contributed by atoms with Crippen molar-refractivity contribution in [3.8, 4) is 33.5 Å². The summed E-state index contributed by atoms with van der Waals surface area (Å²) in [6, 6.07) is 22.5. The van der Waals surface area contributed by atoms with Crippen LogP contribution >= 0.6 is 11.3 Å². The SMILES string of the molecule is CCOc1ccc(OC(C)C(=O)Nc2cccc(-c3ccc4nnc(-c5cccs5)n4n3)c2)cc1. The summed E-state index contributed by atoms with van der Waals surface area (Å²) < 4.78 is 13.0. The smallest absolute Gasteiger partial charge is 0.265 e. The van der Waals surface area contributed by atoms with E-state index in [0.717, 1.165) is 21.9 Å². The summed E-state index contributed by atoms with van der Waals surface area (Å²) in [6.07, 6.45) is -0.684. The van der Waals surface area contributed by atoms with Crippen LogP contribution in [0.3, 0.4) is 0 Å². The van der Waals surface area contributed by atoms with E-state index in [2.05, 4.69) is 15.5 Å². The highest BCUT2D eigenvalue weighted by Crippen LogP contribution is 2.26. The molecule has 0 aliphatic heterocycles. The van der Waals surface area contributed by atoms with E-state index in [1.165, 1.54) is 0 Å². The second-order valence-corrected chi connectivity index (χ2v) is 8.67. The second kappa shape index (κ2) is 9.94. The quantitative estimate of drug-likeness (QED) is 0.320. The molecule has 1 atom stereocenters. The summed E-state index contributed by atoms with van der Waals surface area (Å²) in [5, 5.41) is 18.2. The first-order valence-electron chi connectivity index (χ1n) is 11.2. The number of hydrogen-bond acceptors (Lipinski definition) is 7. The molecule has 1 amide bonds. The molecule has 1 unspecified atom stereocenters. The Bertz CT molecular complexity index is 1450. The zero-order valence-corrected chi connectivity index (χ0v) is 20.0. The molecule has 0 aliphatic rings. The second-order valence-electron chi connectivity index (χ2n) is 7.72. The molecule has 3 heterocycles. The number of anilines is 1. The van der Waals surface area contributed by atoms with E-state index in [9.17, 15) is 4.79 Å². The number of aromatic nitrogens is 4. The number of benzene rings is 2. The van der Waals surface area contributed by atoms with Gasteiger partial charge in [0.2, 0.25) is 0 Å². The van der Waals surface area contributed by atoms with Gasteiger partial charge in [-0.25, -0.2) is 0 Å². The summed E-state index contributed by atoms with van der Waals surface area (Å²) in [5.41, 5.74) is 2.92. The molecule has 0 bridgehead atoms. The summed E-state index contributed by atoms with van der Waals surface area (Å²) >= 11 is 1.58. The van der Waals surface area contributed by atoms with Gasteiger partial charge < -0.3 is 14.8 Å². The van der Waals surface area contributed by atoms with Gasteiger partial charge in [-0.1, -0.05) is 18.2 Å². The van der Waals surface area contributed by atoms with Crippen molar-refractivity contribution in [3.63, 3.8) is 0 Å². The van der Waals surface area contributed by atoms with Gasteiger partial charge in [0.15, 0.2) is 17.6 Å². The Labute approximate surface area is 206 Å². The highest BCUT2D eigenvalue weighted by molar-refractivity contribution is 7.13. The van der Waals surface area contributed by atoms with Gasteiger partial charge in [-0.3, -0.25) is 4.79 Å². The topological polar surface area (TPSA) is 90.6 Å². The minimum Gasteiger partial charge on any atom is -0.494 e. The van der Waals surface area contributed by atoms with E-state index in [1.807, 2.05) is 73.0 Å². The van der Waals surface area contributed by atoms with Crippen LogP contribution in [0, 0.1) is 0 Å². The Balaban J connectivity index is 1.31. The molecule has 3 aromatic heterocycles. The third-order valence-electron chi connectivity index (χ3n) is 5.25. The minimum atomic E-state index is -0.684. The van der Waals surface area contributed by atoms with E-state index in [1.54, 1.807) is 34.9 Å². The van der Waals surface area contributed by atoms with Crippen molar-refractivity contribution in [1.82, 2.24) is 19.8 Å². The van der Waals surface area contributed by atoms with Crippen LogP contribution in [0.2, 0.25) is 0 Å². The Hall–Kier alpha value is -4.24. The Kier molecular flexibility index (Phi) is 6.40. The van der Waals surface area contributed by atoms with Crippen LogP contribution in [0.15, 0.2) is 78.2 Å². The summed E-state index contributed by atoms with van der Waals surface area (Å²) in [4.78, 5) is 13.7. The molecule has 8 nitrogen and oxygen atoms in total. The van der Waals surface area contributed by atoms with Gasteiger partial charge in [-0.05, 0) is 73.8 Å². The zero-order chi connectivity index (χ0) is 24.2. The maximum atomic E-state index is 12.8. The molecule has 0 radical (unpaired) electrons. The third kappa shape index (κ3) is 4.99. The molecule has 0 fully saturated rings. The van der Waals surface area contributed by atoms with E-state index < -0.39 is 6.10 Å². The van der Waals surface area contributed by atoms with Gasteiger partial charge >= 0.3 is 0 Å². The number of hydrogen-bond donors (Lipinski definition) is 1. The number of nitrogens with one attached hydrogen (secondary N) is 1. The number of nitrogens with zero attached hydrogens (tertiary/aromatic N) is 4. The number of carbonyl (C=O) groups excluding carboxylic acids is 1. The molecular weight excluding hydrogens is 462 g/mol. The number of amides is 1. The molecule has 0 saturated heterocycles. The van der Waals surface area contributed by atoms with Crippen LogP contribution in [-0.2, 0) is 4.79 Å². The molecule has 176 valence electrons. The van der Waals surface area contributed by atoms with E-state index in [-0.39, 0.29) is 5.91 Å². The maximum absolute atomic E-state index is 12.8. The molecule has 0 aliphatic carbocycles. The molecule has 5 rings (SSSR count). The average Bonchev–Trinajstić information content (AvgIpc) is 3.55. The number of ether oxygens (including phenoxy) is 2. The lowest BCUT2D eigenvalue weighted by Crippen LogP contribution is -2.30. The van der Waals surface area contributed by atoms with Crippen LogP contribution in [-0.4, -0.2) is 38.4 Å². The van der Waals surface area contributed by atoms with Crippen molar-refractivity contribution in [1.29, 1.82) is 0 Å². The number of fused-ring (bicyclic) bond motifs is 1. The molecule has 5 aromatic rings. The molecule has 2 aromatic carbocycles. The van der Waals surface area contributed by atoms with Crippen molar-refractivity contribution in [2.45, 2.75) is 20.0 Å². The van der Waals surface area contributed by atoms with Gasteiger partial charge in [-0.2, -0.15) is 9.61 Å². The largest absolute Gasteiger partial charge is 0.494 e. The number of rotatable bonds is 8. The van der Waals surface area contributed by atoms with Gasteiger partial charge in [-0.15, -0.1) is 21.5 Å². The van der Waals surface area contributed by atoms with Crippen LogP contribution in [0.25, 0.3) is 27.6 Å². The van der Waals surface area contributed by atoms with Crippen LogP contribution in [0.4, 0.5) is 5.69 Å². The summed E-state index contributed by atoms with van der Waals surface area (Å²) in [7, 11) is 0. The van der Waals surface area contributed by atoms with E-state index in [4.69, 9.17) is 14.6 Å². The molecular formula is C26H23N5O3S. The molecule has 0 spiro atoms. The molecule has 9 heteroatoms. The normalized spacial score (nSPS) is 11.8. The van der Waals surface area contributed by atoms with Crippen molar-refractivity contribution >= 4 is 28.6 Å². The standard InChI is InChI=1S/C26H23N5O3S/c1-3-33-20-9-11-21(12-10-20)34-17(2)26(32)27-19-7-4-6-18(16-19)22-13-14-24-28-29-25(31(24)30-22)23-8-5-15-35-23/h4-17H,3H2,1-2H3,(H,27,32). The zero-order valence-electron chi connectivity index (χ0n) is 19.2. The van der Waals surface area contributed by atoms with E-state index in [0.29, 0.717) is 29.5 Å². The fraction of sp³-hybridized carbons (Fsp3) is 0.154. The number of carbonyl (C=O) groups is 1. The fourth-order valence-corrected chi connectivity index (χ4v) is 4.23. The van der Waals surface area contributed by atoms with Gasteiger partial charge in [0.1, 0.15) is 11.5 Å². The lowest BCUT2D eigenvalue weighted by molar-refractivity contribution is -0.122. The van der Waals surface area contributed by atoms with Crippen LogP contribution < -0.4 is 14.8 Å². The Morgan fingerprint density at radius 2 is 1.86 bits per heavy atom. The lowest BCUT2D eigenvalue weighted by Gasteiger charge is -2.15. The van der Waals surface area contributed by atoms with Crippen molar-refractivity contribution in [3.05, 3.63) is 78.2 Å². The van der Waals surface area contributed by atoms with Crippen LogP contribution in [0.5, 0.6) is 11.5 Å². The van der Waals surface area contributed by atoms with Crippen molar-refractivity contribution in [2.24, 2.45) is 0 Å². The predicted octanol–water partition coefficient (Wildman–Crippen LogP) is 5.32. The fourth-order valence-electron chi connectivity index (χ4n) is 3.54. The maximum Gasteiger partial charge on any atom is 0.265 e. The van der Waals surface area contributed by atoms with Gasteiger partial charge in [0, 0.05) is 11.3 Å². The summed E-state index contributed by atoms with van der Waals surface area (Å²) in [6.45, 7) is 4.23. The highest BCUT2D eigenvalue weighted by Gasteiger charge is 2.16. The van der Waals surface area contributed by atoms with Crippen LogP contribution in [0.1, 0.15) is 13.8 Å². The first kappa shape index (κ1) is 22.5. The number of thiophene rings is 1. The molecule has 0 saturated carbocycles. The monoisotopic (exact) mass is 485 g/mol. The van der Waals surface area contributed by atoms with Crippen molar-refractivity contribution in [2.75, 3.05) is 11.9 Å². The summed E-state index contributed by atoms with van der Waals surface area (Å²) in [5.74, 6) is 1.80. The minimum absolute atomic E-state index is 0.252. The van der Waals surface area contributed by atoms with Crippen molar-refractivity contribution < 1.29 is 14.3 Å². The van der Waals surface area contributed by atoms with Gasteiger partial charge in [0.05, 0.1) is 17.2 Å². The Morgan fingerprint density at radius 1 is 1.03 bits per heavy atom. The van der Waals surface area contributed by atoms with Gasteiger partial charge in [0.25, 0.3) is 5.91 Å².